The number of rotatable bonds is 8. The average Bonchev–Trinajstić information content (AvgIpc) is 2.97. The fourth-order valence-corrected chi connectivity index (χ4v) is 4.53. The number of aromatic nitrogens is 3. The number of Topliss-reactive ketones (excluding diaryl/α,β-unsaturated/α-hetero) is 1. The summed E-state index contributed by atoms with van der Waals surface area (Å²) in [6.45, 7) is 11.8. The lowest BCUT2D eigenvalue weighted by Crippen LogP contribution is -2.25. The normalized spacial score (nSPS) is 11.5. The van der Waals surface area contributed by atoms with E-state index in [1.54, 1.807) is 4.57 Å². The van der Waals surface area contributed by atoms with E-state index in [9.17, 15) is 9.59 Å². The van der Waals surface area contributed by atoms with E-state index < -0.39 is 0 Å². The van der Waals surface area contributed by atoms with Gasteiger partial charge in [-0.3, -0.25) is 14.2 Å². The van der Waals surface area contributed by atoms with E-state index in [0.717, 1.165) is 29.9 Å². The molecule has 0 aliphatic heterocycles. The highest BCUT2D eigenvalue weighted by molar-refractivity contribution is 7.99. The van der Waals surface area contributed by atoms with E-state index in [-0.39, 0.29) is 17.1 Å². The maximum absolute atomic E-state index is 13.0. The van der Waals surface area contributed by atoms with Crippen LogP contribution in [0.3, 0.4) is 0 Å². The number of hydrogen-bond donors (Lipinski definition) is 0. The number of benzene rings is 1. The van der Waals surface area contributed by atoms with Gasteiger partial charge in [-0.1, -0.05) is 44.7 Å². The summed E-state index contributed by atoms with van der Waals surface area (Å²) in [6.07, 6.45) is 1.03. The molecule has 0 amide bonds. The molecule has 3 aromatic rings. The van der Waals surface area contributed by atoms with Gasteiger partial charge in [-0.15, -0.1) is 0 Å². The Hall–Kier alpha value is -2.34. The lowest BCUT2D eigenvalue weighted by atomic mass is 10.2. The first-order chi connectivity index (χ1) is 13.8. The van der Waals surface area contributed by atoms with Gasteiger partial charge in [-0.25, -0.2) is 4.98 Å². The topological polar surface area (TPSA) is 56.9 Å². The highest BCUT2D eigenvalue weighted by Gasteiger charge is 2.18. The van der Waals surface area contributed by atoms with Crippen molar-refractivity contribution in [1.29, 1.82) is 0 Å². The molecule has 2 heterocycles. The Morgan fingerprint density at radius 1 is 1.17 bits per heavy atom. The van der Waals surface area contributed by atoms with Crippen molar-refractivity contribution in [3.8, 4) is 0 Å². The molecule has 0 atom stereocenters. The Morgan fingerprint density at radius 3 is 2.59 bits per heavy atom. The number of para-hydroxylation sites is 1. The van der Waals surface area contributed by atoms with Crippen LogP contribution in [0.1, 0.15) is 48.9 Å². The molecule has 1 aromatic carbocycles. The minimum atomic E-state index is -0.0413. The lowest BCUT2D eigenvalue weighted by Gasteiger charge is -2.14. The molecular formula is C23H29N3O2S. The van der Waals surface area contributed by atoms with Gasteiger partial charge < -0.3 is 4.57 Å². The van der Waals surface area contributed by atoms with Crippen LogP contribution in [0.4, 0.5) is 0 Å². The minimum Gasteiger partial charge on any atom is -0.348 e. The lowest BCUT2D eigenvalue weighted by molar-refractivity contribution is 0.102. The number of carbonyl (C=O) groups excluding carboxylic acids is 1. The maximum atomic E-state index is 13.0. The Balaban J connectivity index is 1.91. The van der Waals surface area contributed by atoms with Crippen molar-refractivity contribution >= 4 is 28.4 Å². The standard InChI is InChI=1S/C23H29N3O2S/c1-6-11-25-16(4)12-19(17(25)5)21(27)14-29-23-24-20-10-8-7-9-18(20)22(28)26(23)13-15(2)3/h7-10,12,15H,6,11,13-14H2,1-5H3. The zero-order chi connectivity index (χ0) is 21.1. The van der Waals surface area contributed by atoms with E-state index in [2.05, 4.69) is 25.3 Å². The number of carbonyl (C=O) groups is 1. The van der Waals surface area contributed by atoms with Crippen LogP contribution in [-0.2, 0) is 13.1 Å². The van der Waals surface area contributed by atoms with Crippen molar-refractivity contribution < 1.29 is 4.79 Å². The van der Waals surface area contributed by atoms with E-state index >= 15 is 0 Å². The summed E-state index contributed by atoms with van der Waals surface area (Å²) in [7, 11) is 0. The SMILES string of the molecule is CCCn1c(C)cc(C(=O)CSc2nc3ccccc3c(=O)n2CC(C)C)c1C. The molecule has 0 aliphatic rings. The summed E-state index contributed by atoms with van der Waals surface area (Å²) in [5.41, 5.74) is 3.52. The second-order valence-corrected chi connectivity index (χ2v) is 8.81. The average molecular weight is 412 g/mol. The summed E-state index contributed by atoms with van der Waals surface area (Å²) in [4.78, 5) is 30.6. The molecule has 0 aliphatic carbocycles. The largest absolute Gasteiger partial charge is 0.348 e. The predicted molar refractivity (Wildman–Crippen MR) is 120 cm³/mol. The number of nitrogens with zero attached hydrogens (tertiary/aromatic N) is 3. The van der Waals surface area contributed by atoms with Crippen molar-refractivity contribution in [1.82, 2.24) is 14.1 Å². The number of ketones is 1. The van der Waals surface area contributed by atoms with Crippen molar-refractivity contribution in [2.75, 3.05) is 5.75 Å². The van der Waals surface area contributed by atoms with Crippen LogP contribution in [0.5, 0.6) is 0 Å². The molecule has 0 unspecified atom stereocenters. The van der Waals surface area contributed by atoms with Crippen LogP contribution in [-0.4, -0.2) is 25.7 Å². The first-order valence-corrected chi connectivity index (χ1v) is 11.1. The van der Waals surface area contributed by atoms with Crippen LogP contribution in [0, 0.1) is 19.8 Å². The summed E-state index contributed by atoms with van der Waals surface area (Å²) in [6, 6.07) is 9.37. The number of thioether (sulfide) groups is 1. The van der Waals surface area contributed by atoms with Crippen LogP contribution < -0.4 is 5.56 Å². The van der Waals surface area contributed by atoms with E-state index in [1.165, 1.54) is 11.8 Å². The van der Waals surface area contributed by atoms with Gasteiger partial charge in [0.1, 0.15) is 0 Å². The van der Waals surface area contributed by atoms with Gasteiger partial charge in [0.15, 0.2) is 10.9 Å². The first kappa shape index (κ1) is 21.4. The van der Waals surface area contributed by atoms with E-state index in [4.69, 9.17) is 4.98 Å². The summed E-state index contributed by atoms with van der Waals surface area (Å²) >= 11 is 1.35. The molecule has 0 bridgehead atoms. The van der Waals surface area contributed by atoms with Crippen LogP contribution in [0.15, 0.2) is 40.3 Å². The molecule has 0 saturated heterocycles. The smallest absolute Gasteiger partial charge is 0.262 e. The molecular weight excluding hydrogens is 382 g/mol. The van der Waals surface area contributed by atoms with Gasteiger partial charge in [0.05, 0.1) is 16.7 Å². The molecule has 0 radical (unpaired) electrons. The third-order valence-electron chi connectivity index (χ3n) is 5.03. The van der Waals surface area contributed by atoms with Crippen molar-refractivity contribution in [3.05, 3.63) is 57.6 Å². The van der Waals surface area contributed by atoms with Gasteiger partial charge in [-0.05, 0) is 44.4 Å². The van der Waals surface area contributed by atoms with E-state index in [0.29, 0.717) is 28.5 Å². The number of aryl methyl sites for hydroxylation is 1. The Labute approximate surface area is 176 Å². The second-order valence-electron chi connectivity index (χ2n) is 7.87. The summed E-state index contributed by atoms with van der Waals surface area (Å²) in [5.74, 6) is 0.641. The van der Waals surface area contributed by atoms with Gasteiger partial charge >= 0.3 is 0 Å². The Bertz CT molecular complexity index is 1100. The van der Waals surface area contributed by atoms with Gasteiger partial charge in [-0.2, -0.15) is 0 Å². The molecule has 3 rings (SSSR count). The third kappa shape index (κ3) is 4.47. The van der Waals surface area contributed by atoms with Gasteiger partial charge in [0.2, 0.25) is 0 Å². The van der Waals surface area contributed by atoms with Crippen LogP contribution >= 0.6 is 11.8 Å². The third-order valence-corrected chi connectivity index (χ3v) is 6.00. The molecule has 29 heavy (non-hydrogen) atoms. The van der Waals surface area contributed by atoms with Crippen LogP contribution in [0.25, 0.3) is 10.9 Å². The molecule has 154 valence electrons. The quantitative estimate of drug-likeness (QED) is 0.302. The van der Waals surface area contributed by atoms with Gasteiger partial charge in [0, 0.05) is 30.0 Å². The highest BCUT2D eigenvalue weighted by Crippen LogP contribution is 2.23. The van der Waals surface area contributed by atoms with Gasteiger partial charge in [0.25, 0.3) is 5.56 Å². The van der Waals surface area contributed by atoms with Crippen molar-refractivity contribution in [3.63, 3.8) is 0 Å². The Kier molecular flexibility index (Phi) is 6.63. The molecule has 2 aromatic heterocycles. The fourth-order valence-electron chi connectivity index (χ4n) is 3.64. The van der Waals surface area contributed by atoms with E-state index in [1.807, 2.05) is 44.2 Å². The monoisotopic (exact) mass is 411 g/mol. The molecule has 0 spiro atoms. The zero-order valence-electron chi connectivity index (χ0n) is 17.9. The molecule has 5 nitrogen and oxygen atoms in total. The summed E-state index contributed by atoms with van der Waals surface area (Å²) in [5, 5.41) is 1.23. The number of fused-ring (bicyclic) bond motifs is 1. The molecule has 0 saturated carbocycles. The predicted octanol–water partition coefficient (Wildman–Crippen LogP) is 4.86. The zero-order valence-corrected chi connectivity index (χ0v) is 18.7. The summed E-state index contributed by atoms with van der Waals surface area (Å²) < 4.78 is 3.91. The maximum Gasteiger partial charge on any atom is 0.262 e. The molecule has 0 fully saturated rings. The molecule has 6 heteroatoms. The second kappa shape index (κ2) is 8.99. The van der Waals surface area contributed by atoms with Crippen LogP contribution in [0.2, 0.25) is 0 Å². The number of hydrogen-bond acceptors (Lipinski definition) is 4. The first-order valence-electron chi connectivity index (χ1n) is 10.2. The fraction of sp³-hybridized carbons (Fsp3) is 0.435. The van der Waals surface area contributed by atoms with Crippen molar-refractivity contribution in [2.45, 2.75) is 59.3 Å². The minimum absolute atomic E-state index is 0.0413. The molecule has 0 N–H and O–H groups in total. The van der Waals surface area contributed by atoms with Crippen molar-refractivity contribution in [2.24, 2.45) is 5.92 Å². The Morgan fingerprint density at radius 2 is 1.90 bits per heavy atom. The highest BCUT2D eigenvalue weighted by atomic mass is 32.2.